The van der Waals surface area contributed by atoms with Crippen LogP contribution in [0.5, 0.6) is 0 Å². The number of aromatic nitrogens is 4. The maximum atomic E-state index is 12.8. The van der Waals surface area contributed by atoms with E-state index in [-0.39, 0.29) is 25.7 Å². The first-order chi connectivity index (χ1) is 16.8. The van der Waals surface area contributed by atoms with Gasteiger partial charge in [-0.25, -0.2) is 19.7 Å². The largest absolute Gasteiger partial charge is 0.405 e. The number of aromatic amines is 1. The third-order valence-electron chi connectivity index (χ3n) is 5.59. The number of H-pyrrole nitrogens is 1. The summed E-state index contributed by atoms with van der Waals surface area (Å²) in [5.74, 6) is -0.0971. The summed E-state index contributed by atoms with van der Waals surface area (Å²) >= 11 is 0. The molecule has 13 heteroatoms. The monoisotopic (exact) mass is 490 g/mol. The third kappa shape index (κ3) is 5.61. The summed E-state index contributed by atoms with van der Waals surface area (Å²) in [4.78, 5) is 44.6. The Bertz CT molecular complexity index is 1200. The third-order valence-corrected chi connectivity index (χ3v) is 5.59. The number of amides is 3. The van der Waals surface area contributed by atoms with Gasteiger partial charge in [0.25, 0.3) is 0 Å². The zero-order valence-electron chi connectivity index (χ0n) is 19.0. The molecule has 10 nitrogen and oxygen atoms in total. The SMILES string of the molecule is CCCNC(=O)N1CCN(c2ccnc(-c3c[nH]c4ncccc34)n2)[C@@H](C(=O)NCC(F)(F)F)C1. The number of hydrogen-bond acceptors (Lipinski definition) is 6. The van der Waals surface area contributed by atoms with E-state index in [1.54, 1.807) is 29.4 Å². The average molecular weight is 490 g/mol. The number of hydrogen-bond donors (Lipinski definition) is 3. The molecule has 3 N–H and O–H groups in total. The van der Waals surface area contributed by atoms with Crippen LogP contribution in [0.1, 0.15) is 13.3 Å². The van der Waals surface area contributed by atoms with E-state index in [9.17, 15) is 22.8 Å². The van der Waals surface area contributed by atoms with E-state index < -0.39 is 24.7 Å². The van der Waals surface area contributed by atoms with Crippen molar-refractivity contribution < 1.29 is 22.8 Å². The molecule has 1 aliphatic heterocycles. The van der Waals surface area contributed by atoms with E-state index in [0.717, 1.165) is 11.8 Å². The molecule has 0 unspecified atom stereocenters. The highest BCUT2D eigenvalue weighted by molar-refractivity contribution is 5.92. The fourth-order valence-corrected chi connectivity index (χ4v) is 3.89. The van der Waals surface area contributed by atoms with E-state index >= 15 is 0 Å². The number of fused-ring (bicyclic) bond motifs is 1. The molecule has 3 aromatic rings. The van der Waals surface area contributed by atoms with Gasteiger partial charge in [-0.15, -0.1) is 0 Å². The van der Waals surface area contributed by atoms with Crippen molar-refractivity contribution in [3.8, 4) is 11.4 Å². The summed E-state index contributed by atoms with van der Waals surface area (Å²) in [5, 5.41) is 5.49. The van der Waals surface area contributed by atoms with Crippen LogP contribution >= 0.6 is 0 Å². The van der Waals surface area contributed by atoms with Gasteiger partial charge in [0.1, 0.15) is 24.1 Å². The molecule has 1 saturated heterocycles. The number of urea groups is 1. The molecule has 4 rings (SSSR count). The average Bonchev–Trinajstić information content (AvgIpc) is 3.29. The molecule has 4 heterocycles. The van der Waals surface area contributed by atoms with Gasteiger partial charge >= 0.3 is 12.2 Å². The van der Waals surface area contributed by atoms with Crippen LogP contribution in [0.4, 0.5) is 23.8 Å². The van der Waals surface area contributed by atoms with E-state index in [1.165, 1.54) is 11.1 Å². The highest BCUT2D eigenvalue weighted by Gasteiger charge is 2.37. The first kappa shape index (κ1) is 24.2. The fraction of sp³-hybridized carbons (Fsp3) is 0.409. The zero-order chi connectivity index (χ0) is 25.0. The summed E-state index contributed by atoms with van der Waals surface area (Å²) in [6.07, 6.45) is 1.07. The fourth-order valence-electron chi connectivity index (χ4n) is 3.89. The standard InChI is InChI=1S/C22H25F3N8O2/c1-2-6-28-21(35)32-9-10-33(16(12-32)20(34)30-13-22(23,24)25)17-5-8-27-19(31-17)15-11-29-18-14(15)4-3-7-26-18/h3-5,7-8,11,16H,2,6,9-10,12-13H2,1H3,(H,26,29)(H,28,35)(H,30,34)/t16-/m1/s1. The lowest BCUT2D eigenvalue weighted by Crippen LogP contribution is -2.62. The molecule has 0 radical (unpaired) electrons. The highest BCUT2D eigenvalue weighted by atomic mass is 19.4. The molecule has 0 bridgehead atoms. The Hall–Kier alpha value is -3.90. The molecule has 0 aromatic carbocycles. The molecule has 1 atom stereocenters. The molecule has 186 valence electrons. The van der Waals surface area contributed by atoms with E-state index in [0.29, 0.717) is 29.4 Å². The highest BCUT2D eigenvalue weighted by Crippen LogP contribution is 2.27. The Morgan fingerprint density at radius 2 is 2.00 bits per heavy atom. The summed E-state index contributed by atoms with van der Waals surface area (Å²) < 4.78 is 38.3. The molecule has 3 aromatic heterocycles. The van der Waals surface area contributed by atoms with Crippen molar-refractivity contribution in [2.24, 2.45) is 0 Å². The molecule has 1 aliphatic rings. The van der Waals surface area contributed by atoms with Crippen LogP contribution < -0.4 is 15.5 Å². The number of anilines is 1. The number of rotatable bonds is 6. The summed E-state index contributed by atoms with van der Waals surface area (Å²) in [6.45, 7) is 1.29. The van der Waals surface area contributed by atoms with Gasteiger partial charge in [-0.05, 0) is 24.6 Å². The number of nitrogens with one attached hydrogen (secondary N) is 3. The quantitative estimate of drug-likeness (QED) is 0.488. The maximum absolute atomic E-state index is 12.8. The molecular weight excluding hydrogens is 465 g/mol. The second-order valence-electron chi connectivity index (χ2n) is 8.06. The van der Waals surface area contributed by atoms with Gasteiger partial charge in [0.15, 0.2) is 5.82 Å². The number of piperazine rings is 1. The Morgan fingerprint density at radius 1 is 1.17 bits per heavy atom. The van der Waals surface area contributed by atoms with Crippen molar-refractivity contribution in [1.82, 2.24) is 35.5 Å². The van der Waals surface area contributed by atoms with Gasteiger partial charge < -0.3 is 25.4 Å². The predicted octanol–water partition coefficient (Wildman–Crippen LogP) is 2.31. The van der Waals surface area contributed by atoms with Gasteiger partial charge in [0, 0.05) is 49.2 Å². The van der Waals surface area contributed by atoms with Gasteiger partial charge in [-0.3, -0.25) is 4.79 Å². The van der Waals surface area contributed by atoms with Crippen molar-refractivity contribution in [3.63, 3.8) is 0 Å². The Labute approximate surface area is 198 Å². The normalized spacial score (nSPS) is 16.4. The van der Waals surface area contributed by atoms with E-state index in [2.05, 4.69) is 25.3 Å². The van der Waals surface area contributed by atoms with Crippen molar-refractivity contribution in [2.75, 3.05) is 37.6 Å². The van der Waals surface area contributed by atoms with Gasteiger partial charge in [-0.1, -0.05) is 6.92 Å². The minimum atomic E-state index is -4.56. The summed E-state index contributed by atoms with van der Waals surface area (Å²) in [5.41, 5.74) is 1.36. The lowest BCUT2D eigenvalue weighted by molar-refractivity contribution is -0.139. The minimum absolute atomic E-state index is 0.0877. The first-order valence-electron chi connectivity index (χ1n) is 11.2. The van der Waals surface area contributed by atoms with Crippen LogP contribution in [0, 0.1) is 0 Å². The van der Waals surface area contributed by atoms with Crippen LogP contribution in [0.3, 0.4) is 0 Å². The zero-order valence-corrected chi connectivity index (χ0v) is 19.0. The van der Waals surface area contributed by atoms with Crippen molar-refractivity contribution in [1.29, 1.82) is 0 Å². The number of alkyl halides is 3. The minimum Gasteiger partial charge on any atom is -0.345 e. The van der Waals surface area contributed by atoms with E-state index in [4.69, 9.17) is 0 Å². The van der Waals surface area contributed by atoms with Crippen molar-refractivity contribution in [2.45, 2.75) is 25.6 Å². The molecule has 35 heavy (non-hydrogen) atoms. The second kappa shape index (κ2) is 10.2. The van der Waals surface area contributed by atoms with Crippen LogP contribution in [-0.2, 0) is 4.79 Å². The van der Waals surface area contributed by atoms with Crippen LogP contribution in [-0.4, -0.2) is 81.7 Å². The summed E-state index contributed by atoms with van der Waals surface area (Å²) in [6, 6.07) is 3.81. The molecule has 0 spiro atoms. The Kier molecular flexibility index (Phi) is 7.03. The molecule has 1 fully saturated rings. The number of pyridine rings is 1. The second-order valence-corrected chi connectivity index (χ2v) is 8.06. The number of nitrogens with zero attached hydrogens (tertiary/aromatic N) is 5. The lowest BCUT2D eigenvalue weighted by Gasteiger charge is -2.41. The number of carbonyl (C=O) groups excluding carboxylic acids is 2. The topological polar surface area (TPSA) is 119 Å². The molecule has 3 amide bonds. The molecule has 0 saturated carbocycles. The smallest absolute Gasteiger partial charge is 0.345 e. The molecule has 0 aliphatic carbocycles. The van der Waals surface area contributed by atoms with Crippen LogP contribution in [0.2, 0.25) is 0 Å². The maximum Gasteiger partial charge on any atom is 0.405 e. The Morgan fingerprint density at radius 3 is 2.77 bits per heavy atom. The number of carbonyl (C=O) groups is 2. The molecular formula is C22H25F3N8O2. The van der Waals surface area contributed by atoms with Crippen LogP contribution in [0.25, 0.3) is 22.4 Å². The van der Waals surface area contributed by atoms with Crippen molar-refractivity contribution >= 4 is 28.8 Å². The Balaban J connectivity index is 1.61. The number of halogens is 3. The first-order valence-corrected chi connectivity index (χ1v) is 11.2. The van der Waals surface area contributed by atoms with Crippen LogP contribution in [0.15, 0.2) is 36.8 Å². The summed E-state index contributed by atoms with van der Waals surface area (Å²) in [7, 11) is 0. The predicted molar refractivity (Wildman–Crippen MR) is 123 cm³/mol. The van der Waals surface area contributed by atoms with Gasteiger partial charge in [-0.2, -0.15) is 13.2 Å². The van der Waals surface area contributed by atoms with E-state index in [1.807, 2.05) is 18.3 Å². The lowest BCUT2D eigenvalue weighted by atomic mass is 10.1. The van der Waals surface area contributed by atoms with Crippen molar-refractivity contribution in [3.05, 3.63) is 36.8 Å². The van der Waals surface area contributed by atoms with Gasteiger partial charge in [0.2, 0.25) is 5.91 Å². The van der Waals surface area contributed by atoms with Gasteiger partial charge in [0.05, 0.1) is 6.54 Å².